The molecule has 0 aromatic carbocycles. The summed E-state index contributed by atoms with van der Waals surface area (Å²) in [7, 11) is 0. The first-order chi connectivity index (χ1) is 9.60. The average molecular weight is 277 g/mol. The molecular formula is C15H23N3O2. The van der Waals surface area contributed by atoms with Crippen LogP contribution in [0.2, 0.25) is 0 Å². The number of nitrogens with one attached hydrogen (secondary N) is 1. The van der Waals surface area contributed by atoms with Gasteiger partial charge in [-0.25, -0.2) is 4.68 Å². The Morgan fingerprint density at radius 2 is 2.25 bits per heavy atom. The van der Waals surface area contributed by atoms with Gasteiger partial charge in [-0.15, -0.1) is 0 Å². The van der Waals surface area contributed by atoms with Gasteiger partial charge in [0, 0.05) is 18.7 Å². The van der Waals surface area contributed by atoms with E-state index in [0.717, 1.165) is 32.1 Å². The third-order valence-electron chi connectivity index (χ3n) is 3.85. The fraction of sp³-hybridized carbons (Fsp3) is 0.667. The molecule has 2 atom stereocenters. The fourth-order valence-corrected chi connectivity index (χ4v) is 2.64. The van der Waals surface area contributed by atoms with Crippen molar-refractivity contribution in [3.8, 4) is 0 Å². The van der Waals surface area contributed by atoms with Crippen LogP contribution < -0.4 is 10.9 Å². The van der Waals surface area contributed by atoms with Crippen molar-refractivity contribution in [2.45, 2.75) is 58.5 Å². The lowest BCUT2D eigenvalue weighted by atomic mass is 10.1. The molecule has 0 spiro atoms. The highest BCUT2D eigenvalue weighted by Crippen LogP contribution is 2.24. The van der Waals surface area contributed by atoms with Crippen molar-refractivity contribution < 1.29 is 4.79 Å². The van der Waals surface area contributed by atoms with Crippen LogP contribution in [0.25, 0.3) is 0 Å². The van der Waals surface area contributed by atoms with Gasteiger partial charge in [0.25, 0.3) is 11.5 Å². The van der Waals surface area contributed by atoms with Gasteiger partial charge >= 0.3 is 0 Å². The van der Waals surface area contributed by atoms with Crippen LogP contribution >= 0.6 is 0 Å². The summed E-state index contributed by atoms with van der Waals surface area (Å²) in [5, 5.41) is 7.17. The minimum Gasteiger partial charge on any atom is -0.348 e. The zero-order chi connectivity index (χ0) is 14.5. The van der Waals surface area contributed by atoms with Crippen molar-refractivity contribution in [3.05, 3.63) is 28.2 Å². The molecule has 5 nitrogen and oxygen atoms in total. The van der Waals surface area contributed by atoms with Crippen LogP contribution in [0.3, 0.4) is 0 Å². The summed E-state index contributed by atoms with van der Waals surface area (Å²) in [5.41, 5.74) is 0.185. The molecule has 2 rings (SSSR count). The Labute approximate surface area is 119 Å². The van der Waals surface area contributed by atoms with E-state index >= 15 is 0 Å². The van der Waals surface area contributed by atoms with Gasteiger partial charge in [-0.1, -0.05) is 20.3 Å². The summed E-state index contributed by atoms with van der Waals surface area (Å²) in [6.45, 7) is 4.83. The van der Waals surface area contributed by atoms with Gasteiger partial charge in [0.2, 0.25) is 0 Å². The van der Waals surface area contributed by atoms with Crippen molar-refractivity contribution in [3.63, 3.8) is 0 Å². The Morgan fingerprint density at radius 3 is 2.90 bits per heavy atom. The summed E-state index contributed by atoms with van der Waals surface area (Å²) < 4.78 is 1.38. The molecule has 1 saturated carbocycles. The van der Waals surface area contributed by atoms with E-state index in [1.54, 1.807) is 0 Å². The molecule has 1 aromatic heterocycles. The number of carbonyl (C=O) groups is 1. The maximum absolute atomic E-state index is 12.2. The van der Waals surface area contributed by atoms with E-state index in [1.807, 2.05) is 0 Å². The molecule has 1 heterocycles. The van der Waals surface area contributed by atoms with Gasteiger partial charge in [0.1, 0.15) is 5.69 Å². The van der Waals surface area contributed by atoms with Gasteiger partial charge in [0.15, 0.2) is 0 Å². The lowest BCUT2D eigenvalue weighted by molar-refractivity contribution is 0.0929. The molecule has 5 heteroatoms. The highest BCUT2D eigenvalue weighted by Gasteiger charge is 2.23. The number of amides is 1. The molecule has 0 radical (unpaired) electrons. The van der Waals surface area contributed by atoms with E-state index in [-0.39, 0.29) is 17.5 Å². The maximum atomic E-state index is 12.2. The van der Waals surface area contributed by atoms with E-state index in [9.17, 15) is 9.59 Å². The monoisotopic (exact) mass is 277 g/mol. The third-order valence-corrected chi connectivity index (χ3v) is 3.85. The number of carbonyl (C=O) groups excluding carboxylic acids is 1. The van der Waals surface area contributed by atoms with E-state index in [1.165, 1.54) is 16.8 Å². The van der Waals surface area contributed by atoms with Crippen LogP contribution in [0, 0.1) is 5.92 Å². The zero-order valence-corrected chi connectivity index (χ0v) is 12.3. The Kier molecular flexibility index (Phi) is 4.93. The van der Waals surface area contributed by atoms with Crippen LogP contribution in [-0.4, -0.2) is 21.7 Å². The first kappa shape index (κ1) is 14.8. The van der Waals surface area contributed by atoms with E-state index < -0.39 is 0 Å². The number of aromatic nitrogens is 2. The van der Waals surface area contributed by atoms with E-state index in [0.29, 0.717) is 18.2 Å². The van der Waals surface area contributed by atoms with Gasteiger partial charge in [-0.2, -0.15) is 5.10 Å². The molecule has 1 N–H and O–H groups in total. The second-order valence-corrected chi connectivity index (χ2v) is 5.72. The molecule has 1 fully saturated rings. The molecule has 110 valence electrons. The molecule has 1 aliphatic rings. The number of hydrogen-bond donors (Lipinski definition) is 1. The van der Waals surface area contributed by atoms with Crippen molar-refractivity contribution >= 4 is 5.91 Å². The second kappa shape index (κ2) is 6.68. The Balaban J connectivity index is 2.04. The summed E-state index contributed by atoms with van der Waals surface area (Å²) in [4.78, 5) is 23.8. The molecule has 0 saturated heterocycles. The van der Waals surface area contributed by atoms with E-state index in [2.05, 4.69) is 24.3 Å². The summed E-state index contributed by atoms with van der Waals surface area (Å²) in [5.74, 6) is 0.501. The van der Waals surface area contributed by atoms with Crippen LogP contribution in [0.5, 0.6) is 0 Å². The first-order valence-electron chi connectivity index (χ1n) is 7.49. The smallest absolute Gasteiger partial charge is 0.271 e. The van der Waals surface area contributed by atoms with Gasteiger partial charge in [-0.05, 0) is 37.7 Å². The largest absolute Gasteiger partial charge is 0.348 e. The second-order valence-electron chi connectivity index (χ2n) is 5.72. The molecule has 2 unspecified atom stereocenters. The molecule has 0 aliphatic heterocycles. The minimum atomic E-state index is -0.172. The van der Waals surface area contributed by atoms with Crippen LogP contribution in [0.15, 0.2) is 16.9 Å². The molecule has 1 aromatic rings. The molecule has 1 amide bonds. The van der Waals surface area contributed by atoms with Crippen molar-refractivity contribution in [2.24, 2.45) is 5.92 Å². The topological polar surface area (TPSA) is 64.0 Å². The van der Waals surface area contributed by atoms with Gasteiger partial charge < -0.3 is 5.32 Å². The highest BCUT2D eigenvalue weighted by atomic mass is 16.2. The number of unbranched alkanes of at least 4 members (excludes halogenated alkanes) is 1. The number of aryl methyl sites for hydroxylation is 1. The zero-order valence-electron chi connectivity index (χ0n) is 12.3. The Bertz CT molecular complexity index is 524. The molecule has 20 heavy (non-hydrogen) atoms. The van der Waals surface area contributed by atoms with Crippen molar-refractivity contribution in [1.82, 2.24) is 15.1 Å². The Morgan fingerprint density at radius 1 is 1.45 bits per heavy atom. The van der Waals surface area contributed by atoms with Gasteiger partial charge in [0.05, 0.1) is 0 Å². The fourth-order valence-electron chi connectivity index (χ4n) is 2.64. The molecular weight excluding hydrogens is 254 g/mol. The van der Waals surface area contributed by atoms with Crippen LogP contribution in [0.1, 0.15) is 56.4 Å². The standard InChI is InChI=1S/C15H23N3O2/c1-3-4-9-18-14(19)8-7-13(17-18)15(20)16-12-6-5-11(2)10-12/h7-8,11-12H,3-6,9-10H2,1-2H3,(H,16,20). The number of hydrogen-bond acceptors (Lipinski definition) is 3. The summed E-state index contributed by atoms with van der Waals surface area (Å²) >= 11 is 0. The van der Waals surface area contributed by atoms with Crippen LogP contribution in [0.4, 0.5) is 0 Å². The average Bonchev–Trinajstić information content (AvgIpc) is 2.83. The minimum absolute atomic E-state index is 0.149. The van der Waals surface area contributed by atoms with E-state index in [4.69, 9.17) is 0 Å². The third kappa shape index (κ3) is 3.68. The van der Waals surface area contributed by atoms with Crippen LogP contribution in [-0.2, 0) is 6.54 Å². The maximum Gasteiger partial charge on any atom is 0.271 e. The first-order valence-corrected chi connectivity index (χ1v) is 7.49. The van der Waals surface area contributed by atoms with Gasteiger partial charge in [-0.3, -0.25) is 9.59 Å². The number of nitrogens with zero attached hydrogens (tertiary/aromatic N) is 2. The molecule has 0 bridgehead atoms. The predicted molar refractivity (Wildman–Crippen MR) is 77.7 cm³/mol. The lowest BCUT2D eigenvalue weighted by Crippen LogP contribution is -2.35. The lowest BCUT2D eigenvalue weighted by Gasteiger charge is -2.12. The highest BCUT2D eigenvalue weighted by molar-refractivity contribution is 5.92. The Hall–Kier alpha value is -1.65. The molecule has 1 aliphatic carbocycles. The normalized spacial score (nSPS) is 21.9. The quantitative estimate of drug-likeness (QED) is 0.895. The summed E-state index contributed by atoms with van der Waals surface area (Å²) in [6, 6.07) is 3.18. The predicted octanol–water partition coefficient (Wildman–Crippen LogP) is 1.96. The summed E-state index contributed by atoms with van der Waals surface area (Å²) in [6.07, 6.45) is 5.10. The van der Waals surface area contributed by atoms with Crippen molar-refractivity contribution in [1.29, 1.82) is 0 Å². The SMILES string of the molecule is CCCCn1nc(C(=O)NC2CCC(C)C2)ccc1=O. The number of rotatable bonds is 5. The van der Waals surface area contributed by atoms with Crippen molar-refractivity contribution in [2.75, 3.05) is 0 Å².